The standard InChI is InChI=1S/C23H42O2/c1-4-7-10-12-14-17-19-22(20-18-15-13-11-8-5-2)25-23(24)21-16-9-6-3/h3,22H,4-5,7-21H2,1-2H3. The highest BCUT2D eigenvalue weighted by Gasteiger charge is 2.14. The zero-order valence-electron chi connectivity index (χ0n) is 17.0. The molecule has 0 rings (SSSR count). The highest BCUT2D eigenvalue weighted by molar-refractivity contribution is 5.69. The van der Waals surface area contributed by atoms with Gasteiger partial charge in [0.15, 0.2) is 0 Å². The van der Waals surface area contributed by atoms with Crippen molar-refractivity contribution in [3.63, 3.8) is 0 Å². The number of carbonyl (C=O) groups excluding carboxylic acids is 1. The number of hydrogen-bond donors (Lipinski definition) is 0. The molecule has 0 aromatic carbocycles. The molecule has 0 unspecified atom stereocenters. The van der Waals surface area contributed by atoms with Crippen LogP contribution in [0, 0.1) is 12.3 Å². The molecule has 0 atom stereocenters. The molecule has 0 spiro atoms. The normalized spacial score (nSPS) is 10.8. The van der Waals surface area contributed by atoms with E-state index in [-0.39, 0.29) is 12.1 Å². The van der Waals surface area contributed by atoms with Gasteiger partial charge >= 0.3 is 5.97 Å². The summed E-state index contributed by atoms with van der Waals surface area (Å²) >= 11 is 0. The SMILES string of the molecule is C#CCCCC(=O)OC(CCCCCCCC)CCCCCCCC. The molecule has 0 aliphatic carbocycles. The first kappa shape index (κ1) is 24.0. The molecule has 0 saturated heterocycles. The maximum absolute atomic E-state index is 12.0. The lowest BCUT2D eigenvalue weighted by Crippen LogP contribution is -2.18. The second-order valence-corrected chi connectivity index (χ2v) is 7.28. The molecule has 0 saturated carbocycles. The Morgan fingerprint density at radius 1 is 0.800 bits per heavy atom. The van der Waals surface area contributed by atoms with Crippen LogP contribution in [0.1, 0.15) is 123 Å². The summed E-state index contributed by atoms with van der Waals surface area (Å²) in [6, 6.07) is 0. The molecular weight excluding hydrogens is 308 g/mol. The van der Waals surface area contributed by atoms with Crippen LogP contribution in [0.15, 0.2) is 0 Å². The number of terminal acetylenes is 1. The molecule has 146 valence electrons. The number of carbonyl (C=O) groups is 1. The first-order valence-corrected chi connectivity index (χ1v) is 10.9. The summed E-state index contributed by atoms with van der Waals surface area (Å²) < 4.78 is 5.74. The van der Waals surface area contributed by atoms with Crippen molar-refractivity contribution in [2.45, 2.75) is 129 Å². The van der Waals surface area contributed by atoms with E-state index in [1.807, 2.05) is 0 Å². The average Bonchev–Trinajstić information content (AvgIpc) is 2.60. The van der Waals surface area contributed by atoms with Gasteiger partial charge in [0, 0.05) is 12.8 Å². The Hall–Kier alpha value is -0.970. The number of ether oxygens (including phenoxy) is 1. The van der Waals surface area contributed by atoms with Gasteiger partial charge in [-0.2, -0.15) is 0 Å². The minimum atomic E-state index is -0.0581. The lowest BCUT2D eigenvalue weighted by molar-refractivity contribution is -0.150. The van der Waals surface area contributed by atoms with E-state index < -0.39 is 0 Å². The predicted molar refractivity (Wildman–Crippen MR) is 109 cm³/mol. The third-order valence-electron chi connectivity index (χ3n) is 4.76. The second kappa shape index (κ2) is 19.4. The Morgan fingerprint density at radius 2 is 1.28 bits per heavy atom. The van der Waals surface area contributed by atoms with Crippen LogP contribution in [0.5, 0.6) is 0 Å². The molecule has 0 aliphatic rings. The number of esters is 1. The summed E-state index contributed by atoms with van der Waals surface area (Å²) in [4.78, 5) is 12.0. The molecule has 0 aromatic rings. The van der Waals surface area contributed by atoms with Crippen LogP contribution >= 0.6 is 0 Å². The molecule has 0 heterocycles. The Balaban J connectivity index is 3.99. The van der Waals surface area contributed by atoms with Gasteiger partial charge in [0.05, 0.1) is 0 Å². The summed E-state index contributed by atoms with van der Waals surface area (Å²) in [5.74, 6) is 2.53. The van der Waals surface area contributed by atoms with E-state index in [1.165, 1.54) is 77.0 Å². The van der Waals surface area contributed by atoms with Gasteiger partial charge in [0.2, 0.25) is 0 Å². The van der Waals surface area contributed by atoms with E-state index in [4.69, 9.17) is 11.2 Å². The molecule has 2 heteroatoms. The zero-order valence-corrected chi connectivity index (χ0v) is 17.0. The highest BCUT2D eigenvalue weighted by Crippen LogP contribution is 2.17. The van der Waals surface area contributed by atoms with Crippen LogP contribution in [-0.2, 0) is 9.53 Å². The van der Waals surface area contributed by atoms with Crippen molar-refractivity contribution in [3.05, 3.63) is 0 Å². The van der Waals surface area contributed by atoms with Gasteiger partial charge in [-0.25, -0.2) is 0 Å². The molecule has 0 radical (unpaired) electrons. The third-order valence-corrected chi connectivity index (χ3v) is 4.76. The maximum atomic E-state index is 12.0. The topological polar surface area (TPSA) is 26.3 Å². The summed E-state index contributed by atoms with van der Waals surface area (Å²) in [5.41, 5.74) is 0. The van der Waals surface area contributed by atoms with Gasteiger partial charge in [0.25, 0.3) is 0 Å². The Labute approximate surface area is 157 Å². The van der Waals surface area contributed by atoms with E-state index in [2.05, 4.69) is 19.8 Å². The van der Waals surface area contributed by atoms with Gasteiger partial charge in [-0.3, -0.25) is 4.79 Å². The first-order chi connectivity index (χ1) is 12.2. The van der Waals surface area contributed by atoms with Crippen molar-refractivity contribution in [2.75, 3.05) is 0 Å². The molecule has 0 fully saturated rings. The van der Waals surface area contributed by atoms with Gasteiger partial charge in [-0.1, -0.05) is 78.1 Å². The number of rotatable bonds is 18. The van der Waals surface area contributed by atoms with Crippen molar-refractivity contribution >= 4 is 5.97 Å². The summed E-state index contributed by atoms with van der Waals surface area (Å²) in [7, 11) is 0. The Morgan fingerprint density at radius 3 is 1.76 bits per heavy atom. The fourth-order valence-electron chi connectivity index (χ4n) is 3.15. The molecule has 0 N–H and O–H groups in total. The van der Waals surface area contributed by atoms with Crippen LogP contribution in [-0.4, -0.2) is 12.1 Å². The first-order valence-electron chi connectivity index (χ1n) is 10.9. The smallest absolute Gasteiger partial charge is 0.306 e. The van der Waals surface area contributed by atoms with Crippen LogP contribution < -0.4 is 0 Å². The van der Waals surface area contributed by atoms with Crippen molar-refractivity contribution in [1.82, 2.24) is 0 Å². The van der Waals surface area contributed by atoms with Gasteiger partial charge in [0.1, 0.15) is 6.10 Å². The summed E-state index contributed by atoms with van der Waals surface area (Å²) in [6.45, 7) is 4.49. The highest BCUT2D eigenvalue weighted by atomic mass is 16.5. The molecule has 0 aromatic heterocycles. The Bertz CT molecular complexity index is 313. The average molecular weight is 351 g/mol. The summed E-state index contributed by atoms with van der Waals surface area (Å²) in [6.07, 6.45) is 24.7. The molecule has 2 nitrogen and oxygen atoms in total. The van der Waals surface area contributed by atoms with Crippen LogP contribution in [0.25, 0.3) is 0 Å². The van der Waals surface area contributed by atoms with E-state index in [1.54, 1.807) is 0 Å². The van der Waals surface area contributed by atoms with Crippen LogP contribution in [0.4, 0.5) is 0 Å². The second-order valence-electron chi connectivity index (χ2n) is 7.28. The monoisotopic (exact) mass is 350 g/mol. The lowest BCUT2D eigenvalue weighted by atomic mass is 10.0. The fourth-order valence-corrected chi connectivity index (χ4v) is 3.15. The fraction of sp³-hybridized carbons (Fsp3) is 0.870. The van der Waals surface area contributed by atoms with E-state index in [9.17, 15) is 4.79 Å². The molecule has 0 bridgehead atoms. The lowest BCUT2D eigenvalue weighted by Gasteiger charge is -2.18. The number of hydrogen-bond acceptors (Lipinski definition) is 2. The van der Waals surface area contributed by atoms with Crippen molar-refractivity contribution in [1.29, 1.82) is 0 Å². The third kappa shape index (κ3) is 17.6. The summed E-state index contributed by atoms with van der Waals surface area (Å²) in [5, 5.41) is 0. The predicted octanol–water partition coefficient (Wildman–Crippen LogP) is 7.20. The van der Waals surface area contributed by atoms with E-state index >= 15 is 0 Å². The van der Waals surface area contributed by atoms with Crippen molar-refractivity contribution < 1.29 is 9.53 Å². The Kier molecular flexibility index (Phi) is 18.6. The molecule has 0 aliphatic heterocycles. The minimum Gasteiger partial charge on any atom is -0.462 e. The molecular formula is C23H42O2. The van der Waals surface area contributed by atoms with E-state index in [0.29, 0.717) is 12.8 Å². The quantitative estimate of drug-likeness (QED) is 0.148. The van der Waals surface area contributed by atoms with Crippen LogP contribution in [0.3, 0.4) is 0 Å². The van der Waals surface area contributed by atoms with Crippen molar-refractivity contribution in [3.8, 4) is 12.3 Å². The zero-order chi connectivity index (χ0) is 18.6. The molecule has 25 heavy (non-hydrogen) atoms. The van der Waals surface area contributed by atoms with Gasteiger partial charge < -0.3 is 4.74 Å². The van der Waals surface area contributed by atoms with E-state index in [0.717, 1.165) is 19.3 Å². The van der Waals surface area contributed by atoms with Gasteiger partial charge in [-0.05, 0) is 32.1 Å². The molecule has 0 amide bonds. The maximum Gasteiger partial charge on any atom is 0.306 e. The van der Waals surface area contributed by atoms with Crippen molar-refractivity contribution in [2.24, 2.45) is 0 Å². The largest absolute Gasteiger partial charge is 0.462 e. The minimum absolute atomic E-state index is 0.0581. The van der Waals surface area contributed by atoms with Crippen LogP contribution in [0.2, 0.25) is 0 Å². The van der Waals surface area contributed by atoms with Gasteiger partial charge in [-0.15, -0.1) is 12.3 Å². The number of unbranched alkanes of at least 4 members (excludes halogenated alkanes) is 11.